The van der Waals surface area contributed by atoms with Crippen LogP contribution in [-0.2, 0) is 4.84 Å². The van der Waals surface area contributed by atoms with E-state index in [-0.39, 0.29) is 0 Å². The second-order valence-electron chi connectivity index (χ2n) is 4.66. The average Bonchev–Trinajstić information content (AvgIpc) is 2.34. The molecule has 0 aliphatic carbocycles. The largest absolute Gasteiger partial charge is 0.298 e. The summed E-state index contributed by atoms with van der Waals surface area (Å²) < 4.78 is 0. The lowest BCUT2D eigenvalue weighted by atomic mass is 9.94. The van der Waals surface area contributed by atoms with Crippen LogP contribution in [0.5, 0.6) is 0 Å². The van der Waals surface area contributed by atoms with Crippen molar-refractivity contribution in [2.75, 3.05) is 27.2 Å². The predicted molar refractivity (Wildman–Crippen MR) is 72.8 cm³/mol. The second-order valence-corrected chi connectivity index (χ2v) is 4.66. The summed E-state index contributed by atoms with van der Waals surface area (Å²) in [6.07, 6.45) is 6.45. The molecule has 0 saturated heterocycles. The SMILES string of the molecule is C=CCON(C)[C@@H]1C=C(CC)[C@@H](CC)N(C)C1. The van der Waals surface area contributed by atoms with E-state index in [1.54, 1.807) is 6.08 Å². The third kappa shape index (κ3) is 3.66. The smallest absolute Gasteiger partial charge is 0.0864 e. The monoisotopic (exact) mass is 238 g/mol. The van der Waals surface area contributed by atoms with Crippen molar-refractivity contribution in [2.24, 2.45) is 0 Å². The summed E-state index contributed by atoms with van der Waals surface area (Å²) in [6.45, 7) is 9.75. The third-order valence-electron chi connectivity index (χ3n) is 3.50. The highest BCUT2D eigenvalue weighted by atomic mass is 16.7. The molecule has 3 heteroatoms. The van der Waals surface area contributed by atoms with Crippen LogP contribution in [0.1, 0.15) is 26.7 Å². The van der Waals surface area contributed by atoms with Gasteiger partial charge in [0, 0.05) is 19.6 Å². The Labute approximate surface area is 106 Å². The van der Waals surface area contributed by atoms with Gasteiger partial charge in [0.05, 0.1) is 12.6 Å². The first-order chi connectivity index (χ1) is 8.13. The van der Waals surface area contributed by atoms with E-state index >= 15 is 0 Å². The van der Waals surface area contributed by atoms with Gasteiger partial charge in [-0.3, -0.25) is 9.74 Å². The Balaban J connectivity index is 2.72. The molecule has 0 unspecified atom stereocenters. The Morgan fingerprint density at radius 2 is 2.29 bits per heavy atom. The number of likely N-dealkylation sites (N-methyl/N-ethyl adjacent to an activating group) is 2. The van der Waals surface area contributed by atoms with Crippen molar-refractivity contribution in [3.05, 3.63) is 24.3 Å². The fourth-order valence-electron chi connectivity index (χ4n) is 2.53. The summed E-state index contributed by atoms with van der Waals surface area (Å²) in [6, 6.07) is 0.946. The Morgan fingerprint density at radius 1 is 1.59 bits per heavy atom. The molecule has 17 heavy (non-hydrogen) atoms. The summed E-state index contributed by atoms with van der Waals surface area (Å²) in [5, 5.41) is 1.94. The molecule has 0 radical (unpaired) electrons. The van der Waals surface area contributed by atoms with Crippen LogP contribution in [-0.4, -0.2) is 49.3 Å². The van der Waals surface area contributed by atoms with Crippen LogP contribution >= 0.6 is 0 Å². The number of hydrogen-bond donors (Lipinski definition) is 0. The van der Waals surface area contributed by atoms with Crippen LogP contribution in [0.25, 0.3) is 0 Å². The van der Waals surface area contributed by atoms with Gasteiger partial charge in [0.1, 0.15) is 0 Å². The molecule has 98 valence electrons. The quantitative estimate of drug-likeness (QED) is 0.522. The molecule has 0 fully saturated rings. The van der Waals surface area contributed by atoms with Gasteiger partial charge in [-0.25, -0.2) is 0 Å². The summed E-state index contributed by atoms with van der Waals surface area (Å²) in [5.74, 6) is 0. The van der Waals surface area contributed by atoms with Crippen LogP contribution in [0.2, 0.25) is 0 Å². The van der Waals surface area contributed by atoms with Crippen molar-refractivity contribution in [2.45, 2.75) is 38.8 Å². The molecular formula is C14H26N2O. The van der Waals surface area contributed by atoms with Crippen LogP contribution < -0.4 is 0 Å². The minimum atomic E-state index is 0.345. The lowest BCUT2D eigenvalue weighted by Gasteiger charge is -2.39. The van der Waals surface area contributed by atoms with E-state index in [9.17, 15) is 0 Å². The van der Waals surface area contributed by atoms with Gasteiger partial charge in [0.2, 0.25) is 0 Å². The zero-order chi connectivity index (χ0) is 12.8. The summed E-state index contributed by atoms with van der Waals surface area (Å²) in [7, 11) is 4.20. The molecule has 0 spiro atoms. The first kappa shape index (κ1) is 14.4. The maximum atomic E-state index is 5.58. The van der Waals surface area contributed by atoms with Gasteiger partial charge in [-0.2, -0.15) is 5.06 Å². The van der Waals surface area contributed by atoms with Crippen LogP contribution in [0.15, 0.2) is 24.3 Å². The van der Waals surface area contributed by atoms with Gasteiger partial charge >= 0.3 is 0 Å². The van der Waals surface area contributed by atoms with Gasteiger partial charge < -0.3 is 0 Å². The normalized spacial score (nSPS) is 26.1. The number of nitrogens with zero attached hydrogens (tertiary/aromatic N) is 2. The van der Waals surface area contributed by atoms with Gasteiger partial charge in [0.15, 0.2) is 0 Å². The molecule has 0 saturated carbocycles. The lowest BCUT2D eigenvalue weighted by molar-refractivity contribution is -0.152. The number of hydroxylamine groups is 2. The van der Waals surface area contributed by atoms with E-state index in [0.717, 1.165) is 13.0 Å². The highest BCUT2D eigenvalue weighted by Gasteiger charge is 2.27. The first-order valence-corrected chi connectivity index (χ1v) is 6.51. The van der Waals surface area contributed by atoms with Crippen molar-refractivity contribution in [1.82, 2.24) is 9.96 Å². The molecule has 0 N–H and O–H groups in total. The van der Waals surface area contributed by atoms with Gasteiger partial charge in [-0.15, -0.1) is 6.58 Å². The van der Waals surface area contributed by atoms with E-state index in [2.05, 4.69) is 38.5 Å². The molecule has 1 aliphatic rings. The zero-order valence-electron chi connectivity index (χ0n) is 11.6. The molecule has 1 rings (SSSR count). The van der Waals surface area contributed by atoms with Crippen molar-refractivity contribution in [1.29, 1.82) is 0 Å². The number of hydrogen-bond acceptors (Lipinski definition) is 3. The second kappa shape index (κ2) is 6.94. The van der Waals surface area contributed by atoms with E-state index in [1.807, 2.05) is 12.1 Å². The Hall–Kier alpha value is -0.640. The van der Waals surface area contributed by atoms with E-state index < -0.39 is 0 Å². The molecule has 2 atom stereocenters. The summed E-state index contributed by atoms with van der Waals surface area (Å²) >= 11 is 0. The first-order valence-electron chi connectivity index (χ1n) is 6.51. The minimum absolute atomic E-state index is 0.345. The molecule has 0 bridgehead atoms. The summed E-state index contributed by atoms with van der Waals surface area (Å²) in [5.41, 5.74) is 1.53. The maximum Gasteiger partial charge on any atom is 0.0864 e. The fourth-order valence-corrected chi connectivity index (χ4v) is 2.53. The van der Waals surface area contributed by atoms with Crippen LogP contribution in [0, 0.1) is 0 Å². The third-order valence-corrected chi connectivity index (χ3v) is 3.50. The van der Waals surface area contributed by atoms with Gasteiger partial charge in [-0.05, 0) is 19.9 Å². The molecular weight excluding hydrogens is 212 g/mol. The highest BCUT2D eigenvalue weighted by molar-refractivity contribution is 5.18. The Morgan fingerprint density at radius 3 is 2.82 bits per heavy atom. The highest BCUT2D eigenvalue weighted by Crippen LogP contribution is 2.23. The van der Waals surface area contributed by atoms with Crippen LogP contribution in [0.3, 0.4) is 0 Å². The molecule has 0 aromatic carbocycles. The number of rotatable bonds is 6. The maximum absolute atomic E-state index is 5.58. The topological polar surface area (TPSA) is 15.7 Å². The lowest BCUT2D eigenvalue weighted by Crippen LogP contribution is -2.48. The standard InChI is InChI=1S/C14H26N2O/c1-6-9-17-16(5)13-10-12(7-2)14(8-3)15(4)11-13/h6,10,13-14H,1,7-9,11H2,2-5H3/t13-,14-/m1/s1. The molecule has 0 aromatic heterocycles. The van der Waals surface area contributed by atoms with Crippen LogP contribution in [0.4, 0.5) is 0 Å². The molecule has 0 aromatic rings. The predicted octanol–water partition coefficient (Wildman–Crippen LogP) is 2.46. The van der Waals surface area contributed by atoms with Gasteiger partial charge in [-0.1, -0.05) is 31.6 Å². The van der Waals surface area contributed by atoms with Crippen molar-refractivity contribution >= 4 is 0 Å². The zero-order valence-corrected chi connectivity index (χ0v) is 11.6. The van der Waals surface area contributed by atoms with Crippen molar-refractivity contribution < 1.29 is 4.84 Å². The fraction of sp³-hybridized carbons (Fsp3) is 0.714. The average molecular weight is 238 g/mol. The van der Waals surface area contributed by atoms with E-state index in [0.29, 0.717) is 18.7 Å². The van der Waals surface area contributed by atoms with E-state index in [4.69, 9.17) is 4.84 Å². The molecule has 0 amide bonds. The Kier molecular flexibility index (Phi) is 5.89. The van der Waals surface area contributed by atoms with Crippen molar-refractivity contribution in [3.8, 4) is 0 Å². The summed E-state index contributed by atoms with van der Waals surface area (Å²) in [4.78, 5) is 8.01. The molecule has 1 heterocycles. The van der Waals surface area contributed by atoms with Crippen molar-refractivity contribution in [3.63, 3.8) is 0 Å². The minimum Gasteiger partial charge on any atom is -0.298 e. The van der Waals surface area contributed by atoms with Gasteiger partial charge in [0.25, 0.3) is 0 Å². The Bertz CT molecular complexity index is 275. The molecule has 1 aliphatic heterocycles. The van der Waals surface area contributed by atoms with E-state index in [1.165, 1.54) is 12.0 Å². The molecule has 3 nitrogen and oxygen atoms in total.